The van der Waals surface area contributed by atoms with Crippen LogP contribution in [0, 0.1) is 0 Å². The van der Waals surface area contributed by atoms with Crippen LogP contribution >= 0.6 is 0 Å². The van der Waals surface area contributed by atoms with Crippen molar-refractivity contribution in [2.24, 2.45) is 0 Å². The fraction of sp³-hybridized carbons (Fsp3) is 0.192. The first-order valence-electron chi connectivity index (χ1n) is 11.0. The van der Waals surface area contributed by atoms with E-state index in [1.807, 2.05) is 19.9 Å². The zero-order chi connectivity index (χ0) is 23.9. The first-order valence-corrected chi connectivity index (χ1v) is 11.0. The minimum absolute atomic E-state index is 0.197. The van der Waals surface area contributed by atoms with E-state index in [1.54, 1.807) is 60.7 Å². The molecule has 0 radical (unpaired) electrons. The second-order valence-corrected chi connectivity index (χ2v) is 7.32. The lowest BCUT2D eigenvalue weighted by molar-refractivity contribution is -0.118. The number of aromatic nitrogens is 2. The number of amides is 1. The summed E-state index contributed by atoms with van der Waals surface area (Å²) in [4.78, 5) is 32.1. The van der Waals surface area contributed by atoms with E-state index < -0.39 is 0 Å². The van der Waals surface area contributed by atoms with Crippen molar-refractivity contribution in [3.63, 3.8) is 0 Å². The Morgan fingerprint density at radius 1 is 0.912 bits per heavy atom. The summed E-state index contributed by atoms with van der Waals surface area (Å²) in [6.45, 7) is 4.55. The van der Waals surface area contributed by atoms with E-state index in [4.69, 9.17) is 14.2 Å². The molecule has 0 unspecified atom stereocenters. The molecule has 0 saturated heterocycles. The average Bonchev–Trinajstić information content (AvgIpc) is 2.85. The van der Waals surface area contributed by atoms with E-state index >= 15 is 0 Å². The molecule has 4 aromatic rings. The average molecular weight is 460 g/mol. The SMILES string of the molecule is CCOc1ccc(NC(=O)COc2ccc(-c3nc4ccccc4c(=O)[nH]3)cc2OCC)cc1. The normalized spacial score (nSPS) is 10.6. The van der Waals surface area contributed by atoms with Crippen LogP contribution < -0.4 is 25.1 Å². The molecule has 174 valence electrons. The second-order valence-electron chi connectivity index (χ2n) is 7.32. The fourth-order valence-electron chi connectivity index (χ4n) is 3.41. The molecule has 8 heteroatoms. The lowest BCUT2D eigenvalue weighted by Crippen LogP contribution is -2.20. The van der Waals surface area contributed by atoms with Gasteiger partial charge in [0.2, 0.25) is 0 Å². The van der Waals surface area contributed by atoms with Gasteiger partial charge in [0.1, 0.15) is 11.6 Å². The summed E-state index contributed by atoms with van der Waals surface area (Å²) in [5.41, 5.74) is 1.69. The number of carbonyl (C=O) groups is 1. The predicted molar refractivity (Wildman–Crippen MR) is 131 cm³/mol. The minimum Gasteiger partial charge on any atom is -0.494 e. The number of para-hydroxylation sites is 1. The topological polar surface area (TPSA) is 103 Å². The molecule has 0 aliphatic rings. The van der Waals surface area contributed by atoms with Gasteiger partial charge in [-0.15, -0.1) is 0 Å². The predicted octanol–water partition coefficient (Wildman–Crippen LogP) is 4.41. The molecule has 0 fully saturated rings. The lowest BCUT2D eigenvalue weighted by atomic mass is 10.1. The highest BCUT2D eigenvalue weighted by molar-refractivity contribution is 5.92. The summed E-state index contributed by atoms with van der Waals surface area (Å²) in [5.74, 6) is 1.71. The summed E-state index contributed by atoms with van der Waals surface area (Å²) in [5, 5.41) is 3.31. The van der Waals surface area contributed by atoms with Crippen LogP contribution in [0.25, 0.3) is 22.3 Å². The molecule has 0 aliphatic carbocycles. The molecule has 34 heavy (non-hydrogen) atoms. The van der Waals surface area contributed by atoms with Gasteiger partial charge in [0.25, 0.3) is 11.5 Å². The van der Waals surface area contributed by atoms with E-state index in [0.717, 1.165) is 5.75 Å². The highest BCUT2D eigenvalue weighted by Crippen LogP contribution is 2.32. The van der Waals surface area contributed by atoms with Crippen LogP contribution in [0.15, 0.2) is 71.5 Å². The fourth-order valence-corrected chi connectivity index (χ4v) is 3.41. The number of rotatable bonds is 9. The second kappa shape index (κ2) is 10.5. The van der Waals surface area contributed by atoms with Crippen molar-refractivity contribution in [2.45, 2.75) is 13.8 Å². The molecular weight excluding hydrogens is 434 g/mol. The molecular formula is C26H25N3O5. The molecule has 0 spiro atoms. The van der Waals surface area contributed by atoms with Gasteiger partial charge in [-0.2, -0.15) is 0 Å². The number of H-pyrrole nitrogens is 1. The third kappa shape index (κ3) is 5.35. The Morgan fingerprint density at radius 3 is 2.44 bits per heavy atom. The van der Waals surface area contributed by atoms with Crippen molar-refractivity contribution in [3.05, 3.63) is 77.1 Å². The largest absolute Gasteiger partial charge is 0.494 e. The van der Waals surface area contributed by atoms with Crippen molar-refractivity contribution >= 4 is 22.5 Å². The van der Waals surface area contributed by atoms with Gasteiger partial charge in [0, 0.05) is 11.3 Å². The zero-order valence-electron chi connectivity index (χ0n) is 19.0. The van der Waals surface area contributed by atoms with Crippen LogP contribution in [0.2, 0.25) is 0 Å². The summed E-state index contributed by atoms with van der Waals surface area (Å²) >= 11 is 0. The van der Waals surface area contributed by atoms with Crippen LogP contribution in [0.5, 0.6) is 17.2 Å². The number of nitrogens with one attached hydrogen (secondary N) is 2. The zero-order valence-corrected chi connectivity index (χ0v) is 19.0. The third-order valence-corrected chi connectivity index (χ3v) is 4.94. The number of anilines is 1. The summed E-state index contributed by atoms with van der Waals surface area (Å²) in [6.07, 6.45) is 0. The standard InChI is InChI=1S/C26H25N3O5/c1-3-32-19-12-10-18(11-13-19)27-24(30)16-34-22-14-9-17(15-23(22)33-4-2)25-28-21-8-6-5-7-20(21)26(31)29-25/h5-15H,3-4,16H2,1-2H3,(H,27,30)(H,28,29,31). The van der Waals surface area contributed by atoms with Crippen LogP contribution in [-0.2, 0) is 4.79 Å². The Balaban J connectivity index is 1.48. The molecule has 8 nitrogen and oxygen atoms in total. The molecule has 1 amide bonds. The maximum Gasteiger partial charge on any atom is 0.262 e. The molecule has 4 rings (SSSR count). The monoisotopic (exact) mass is 459 g/mol. The van der Waals surface area contributed by atoms with Crippen molar-refractivity contribution < 1.29 is 19.0 Å². The molecule has 0 atom stereocenters. The van der Waals surface area contributed by atoms with Gasteiger partial charge in [-0.1, -0.05) is 12.1 Å². The number of fused-ring (bicyclic) bond motifs is 1. The van der Waals surface area contributed by atoms with Crippen LogP contribution in [0.1, 0.15) is 13.8 Å². The smallest absolute Gasteiger partial charge is 0.262 e. The molecule has 1 aromatic heterocycles. The number of aromatic amines is 1. The number of hydrogen-bond acceptors (Lipinski definition) is 6. The van der Waals surface area contributed by atoms with Gasteiger partial charge in [-0.3, -0.25) is 9.59 Å². The molecule has 0 bridgehead atoms. The molecule has 0 aliphatic heterocycles. The van der Waals surface area contributed by atoms with E-state index in [-0.39, 0.29) is 18.1 Å². The number of ether oxygens (including phenoxy) is 3. The van der Waals surface area contributed by atoms with Crippen molar-refractivity contribution in [1.82, 2.24) is 9.97 Å². The van der Waals surface area contributed by atoms with Crippen LogP contribution in [0.4, 0.5) is 5.69 Å². The van der Waals surface area contributed by atoms with Gasteiger partial charge in [0.15, 0.2) is 18.1 Å². The third-order valence-electron chi connectivity index (χ3n) is 4.94. The van der Waals surface area contributed by atoms with Gasteiger partial charge < -0.3 is 24.5 Å². The Kier molecular flexibility index (Phi) is 7.07. The quantitative estimate of drug-likeness (QED) is 0.385. The van der Waals surface area contributed by atoms with Gasteiger partial charge >= 0.3 is 0 Å². The lowest BCUT2D eigenvalue weighted by Gasteiger charge is -2.13. The highest BCUT2D eigenvalue weighted by Gasteiger charge is 2.13. The first kappa shape index (κ1) is 22.8. The summed E-state index contributed by atoms with van der Waals surface area (Å²) < 4.78 is 16.8. The van der Waals surface area contributed by atoms with Crippen molar-refractivity contribution in [3.8, 4) is 28.6 Å². The number of nitrogens with zero attached hydrogens (tertiary/aromatic N) is 1. The van der Waals surface area contributed by atoms with Gasteiger partial charge in [0.05, 0.1) is 24.1 Å². The number of carbonyl (C=O) groups excluding carboxylic acids is 1. The maximum atomic E-state index is 12.4. The van der Waals surface area contributed by atoms with E-state index in [1.165, 1.54) is 0 Å². The molecule has 0 saturated carbocycles. The van der Waals surface area contributed by atoms with E-state index in [2.05, 4.69) is 15.3 Å². The Hall–Kier alpha value is -4.33. The highest BCUT2D eigenvalue weighted by atomic mass is 16.5. The first-order chi connectivity index (χ1) is 16.6. The Labute approximate surface area is 196 Å². The molecule has 1 heterocycles. The minimum atomic E-state index is -0.309. The van der Waals surface area contributed by atoms with Crippen LogP contribution in [-0.4, -0.2) is 35.7 Å². The van der Waals surface area contributed by atoms with Gasteiger partial charge in [-0.25, -0.2) is 4.98 Å². The van der Waals surface area contributed by atoms with Gasteiger partial charge in [-0.05, 0) is 68.4 Å². The Morgan fingerprint density at radius 2 is 1.68 bits per heavy atom. The molecule has 3 aromatic carbocycles. The Bertz CT molecular complexity index is 1350. The maximum absolute atomic E-state index is 12.4. The van der Waals surface area contributed by atoms with Crippen LogP contribution in [0.3, 0.4) is 0 Å². The summed E-state index contributed by atoms with van der Waals surface area (Å²) in [7, 11) is 0. The summed E-state index contributed by atoms with van der Waals surface area (Å²) in [6, 6.07) is 19.4. The number of hydrogen-bond donors (Lipinski definition) is 2. The molecule has 2 N–H and O–H groups in total. The van der Waals surface area contributed by atoms with Crippen molar-refractivity contribution in [2.75, 3.05) is 25.1 Å². The van der Waals surface area contributed by atoms with Crippen molar-refractivity contribution in [1.29, 1.82) is 0 Å². The van der Waals surface area contributed by atoms with E-state index in [9.17, 15) is 9.59 Å². The number of benzene rings is 3. The van der Waals surface area contributed by atoms with E-state index in [0.29, 0.717) is 52.7 Å².